The number of rotatable bonds is 5. The molecule has 1 rings (SSSR count). The maximum absolute atomic E-state index is 12.1. The lowest BCUT2D eigenvalue weighted by molar-refractivity contribution is -0.122. The van der Waals surface area contributed by atoms with Gasteiger partial charge in [0.25, 0.3) is 5.91 Å². The molecule has 0 atom stereocenters. The molecule has 0 saturated carbocycles. The third-order valence-electron chi connectivity index (χ3n) is 2.48. The number of H-pyrrole nitrogens is 1. The number of carbonyl (C=O) groups is 2. The SMILES string of the molecule is CCN(CC(=O)NC(C)C)C(=O)c1ccc(=O)[nH]c1. The molecule has 0 aromatic carbocycles. The van der Waals surface area contributed by atoms with Crippen LogP contribution in [0.4, 0.5) is 0 Å². The van der Waals surface area contributed by atoms with Crippen LogP contribution in [0.25, 0.3) is 0 Å². The molecule has 1 aromatic rings. The highest BCUT2D eigenvalue weighted by molar-refractivity contribution is 5.96. The summed E-state index contributed by atoms with van der Waals surface area (Å²) in [5.74, 6) is -0.479. The number of aromatic nitrogens is 1. The van der Waals surface area contributed by atoms with Gasteiger partial charge in [-0.1, -0.05) is 0 Å². The molecule has 0 unspecified atom stereocenters. The molecule has 2 N–H and O–H groups in total. The third kappa shape index (κ3) is 4.57. The molecule has 1 heterocycles. The predicted octanol–water partition coefficient (Wildman–Crippen LogP) is 0.362. The van der Waals surface area contributed by atoms with E-state index in [4.69, 9.17) is 0 Å². The molecule has 2 amide bonds. The van der Waals surface area contributed by atoms with Crippen LogP contribution in [0, 0.1) is 0 Å². The molecule has 0 aliphatic carbocycles. The number of carbonyl (C=O) groups excluding carboxylic acids is 2. The Morgan fingerprint density at radius 1 is 1.37 bits per heavy atom. The third-order valence-corrected chi connectivity index (χ3v) is 2.48. The minimum atomic E-state index is -0.280. The first-order valence-corrected chi connectivity index (χ1v) is 6.21. The Kier molecular flexibility index (Phi) is 5.29. The smallest absolute Gasteiger partial charge is 0.255 e. The monoisotopic (exact) mass is 265 g/mol. The van der Waals surface area contributed by atoms with Crippen LogP contribution in [0.5, 0.6) is 0 Å². The van der Waals surface area contributed by atoms with Crippen LogP contribution in [0.15, 0.2) is 23.1 Å². The summed E-state index contributed by atoms with van der Waals surface area (Å²) in [5, 5.41) is 2.73. The molecule has 6 nitrogen and oxygen atoms in total. The summed E-state index contributed by atoms with van der Waals surface area (Å²) in [7, 11) is 0. The zero-order chi connectivity index (χ0) is 14.4. The fraction of sp³-hybridized carbons (Fsp3) is 0.462. The van der Waals surface area contributed by atoms with Crippen LogP contribution in [-0.4, -0.2) is 40.8 Å². The lowest BCUT2D eigenvalue weighted by Crippen LogP contribution is -2.42. The van der Waals surface area contributed by atoms with E-state index in [1.807, 2.05) is 13.8 Å². The quantitative estimate of drug-likeness (QED) is 0.806. The molecule has 0 fully saturated rings. The second-order valence-corrected chi connectivity index (χ2v) is 4.48. The maximum atomic E-state index is 12.1. The Bertz CT molecular complexity index is 488. The van der Waals surface area contributed by atoms with Gasteiger partial charge in [0.15, 0.2) is 0 Å². The van der Waals surface area contributed by atoms with E-state index in [2.05, 4.69) is 10.3 Å². The number of nitrogens with one attached hydrogen (secondary N) is 2. The van der Waals surface area contributed by atoms with Crippen LogP contribution < -0.4 is 10.9 Å². The average molecular weight is 265 g/mol. The number of aromatic amines is 1. The Hall–Kier alpha value is -2.11. The van der Waals surface area contributed by atoms with E-state index in [9.17, 15) is 14.4 Å². The van der Waals surface area contributed by atoms with Gasteiger partial charge in [0.2, 0.25) is 11.5 Å². The summed E-state index contributed by atoms with van der Waals surface area (Å²) >= 11 is 0. The van der Waals surface area contributed by atoms with E-state index in [0.29, 0.717) is 12.1 Å². The Morgan fingerprint density at radius 2 is 2.05 bits per heavy atom. The molecule has 0 spiro atoms. The summed E-state index contributed by atoms with van der Waals surface area (Å²) in [6.07, 6.45) is 1.35. The Labute approximate surface area is 111 Å². The standard InChI is InChI=1S/C13H19N3O3/c1-4-16(8-12(18)15-9(2)3)13(19)10-5-6-11(17)14-7-10/h5-7,9H,4,8H2,1-3H3,(H,14,17)(H,15,18). The van der Waals surface area contributed by atoms with Gasteiger partial charge in [-0.05, 0) is 26.8 Å². The van der Waals surface area contributed by atoms with Gasteiger partial charge in [-0.15, -0.1) is 0 Å². The number of hydrogen-bond donors (Lipinski definition) is 2. The van der Waals surface area contributed by atoms with Crippen molar-refractivity contribution in [1.82, 2.24) is 15.2 Å². The van der Waals surface area contributed by atoms with Crippen molar-refractivity contribution in [3.63, 3.8) is 0 Å². The highest BCUT2D eigenvalue weighted by Crippen LogP contribution is 2.01. The fourth-order valence-corrected chi connectivity index (χ4v) is 1.59. The summed E-state index contributed by atoms with van der Waals surface area (Å²) in [6, 6.07) is 2.77. The molecule has 104 valence electrons. The van der Waals surface area contributed by atoms with Crippen molar-refractivity contribution in [3.05, 3.63) is 34.2 Å². The van der Waals surface area contributed by atoms with Gasteiger partial charge in [0, 0.05) is 24.8 Å². The number of amides is 2. The second kappa shape index (κ2) is 6.72. The van der Waals surface area contributed by atoms with E-state index in [-0.39, 0.29) is 30.0 Å². The molecule has 0 saturated heterocycles. The zero-order valence-corrected chi connectivity index (χ0v) is 11.4. The van der Waals surface area contributed by atoms with Crippen molar-refractivity contribution in [2.75, 3.05) is 13.1 Å². The van der Waals surface area contributed by atoms with E-state index in [1.54, 1.807) is 6.92 Å². The van der Waals surface area contributed by atoms with Crippen LogP contribution in [0.1, 0.15) is 31.1 Å². The number of pyridine rings is 1. The van der Waals surface area contributed by atoms with Crippen LogP contribution in [-0.2, 0) is 4.79 Å². The van der Waals surface area contributed by atoms with E-state index in [1.165, 1.54) is 23.2 Å². The average Bonchev–Trinajstić information content (AvgIpc) is 2.35. The van der Waals surface area contributed by atoms with Crippen molar-refractivity contribution in [2.24, 2.45) is 0 Å². The van der Waals surface area contributed by atoms with Crippen molar-refractivity contribution in [3.8, 4) is 0 Å². The van der Waals surface area contributed by atoms with E-state index < -0.39 is 0 Å². The second-order valence-electron chi connectivity index (χ2n) is 4.48. The largest absolute Gasteiger partial charge is 0.352 e. The summed E-state index contributed by atoms with van der Waals surface area (Å²) in [6.45, 7) is 5.94. The lowest BCUT2D eigenvalue weighted by Gasteiger charge is -2.21. The van der Waals surface area contributed by atoms with Crippen molar-refractivity contribution in [2.45, 2.75) is 26.8 Å². The van der Waals surface area contributed by atoms with Gasteiger partial charge in [-0.25, -0.2) is 0 Å². The number of hydrogen-bond acceptors (Lipinski definition) is 3. The first-order valence-electron chi connectivity index (χ1n) is 6.21. The molecule has 0 bridgehead atoms. The first kappa shape index (κ1) is 14.9. The summed E-state index contributed by atoms with van der Waals surface area (Å²) in [5.41, 5.74) is 0.0935. The molecule has 0 radical (unpaired) electrons. The van der Waals surface area contributed by atoms with Crippen molar-refractivity contribution >= 4 is 11.8 Å². The lowest BCUT2D eigenvalue weighted by atomic mass is 10.2. The van der Waals surface area contributed by atoms with Crippen molar-refractivity contribution < 1.29 is 9.59 Å². The van der Waals surface area contributed by atoms with Crippen LogP contribution in [0.2, 0.25) is 0 Å². The molecule has 6 heteroatoms. The molecule has 0 aliphatic heterocycles. The summed E-state index contributed by atoms with van der Waals surface area (Å²) in [4.78, 5) is 38.6. The minimum absolute atomic E-state index is 0.00659. The number of nitrogens with zero attached hydrogens (tertiary/aromatic N) is 1. The van der Waals surface area contributed by atoms with Gasteiger partial charge < -0.3 is 15.2 Å². The van der Waals surface area contributed by atoms with Gasteiger partial charge in [-0.2, -0.15) is 0 Å². The molecule has 1 aromatic heterocycles. The number of likely N-dealkylation sites (N-methyl/N-ethyl adjacent to an activating group) is 1. The Balaban J connectivity index is 2.74. The van der Waals surface area contributed by atoms with Gasteiger partial charge in [0.05, 0.1) is 12.1 Å². The minimum Gasteiger partial charge on any atom is -0.352 e. The first-order chi connectivity index (χ1) is 8.93. The zero-order valence-electron chi connectivity index (χ0n) is 11.4. The van der Waals surface area contributed by atoms with Gasteiger partial charge in [0.1, 0.15) is 0 Å². The molecule has 0 aliphatic rings. The predicted molar refractivity (Wildman–Crippen MR) is 71.9 cm³/mol. The van der Waals surface area contributed by atoms with Crippen molar-refractivity contribution in [1.29, 1.82) is 0 Å². The van der Waals surface area contributed by atoms with E-state index >= 15 is 0 Å². The molecule has 19 heavy (non-hydrogen) atoms. The van der Waals surface area contributed by atoms with Crippen LogP contribution >= 0.6 is 0 Å². The summed E-state index contributed by atoms with van der Waals surface area (Å²) < 4.78 is 0. The normalized spacial score (nSPS) is 10.3. The molecular weight excluding hydrogens is 246 g/mol. The molecular formula is C13H19N3O3. The maximum Gasteiger partial charge on any atom is 0.255 e. The fourth-order valence-electron chi connectivity index (χ4n) is 1.59. The van der Waals surface area contributed by atoms with Gasteiger partial charge in [-0.3, -0.25) is 14.4 Å². The van der Waals surface area contributed by atoms with Gasteiger partial charge >= 0.3 is 0 Å². The topological polar surface area (TPSA) is 82.3 Å². The highest BCUT2D eigenvalue weighted by atomic mass is 16.2. The van der Waals surface area contributed by atoms with E-state index in [0.717, 1.165) is 0 Å². The Morgan fingerprint density at radius 3 is 2.53 bits per heavy atom. The highest BCUT2D eigenvalue weighted by Gasteiger charge is 2.17. The van der Waals surface area contributed by atoms with Crippen LogP contribution in [0.3, 0.4) is 0 Å².